The highest BCUT2D eigenvalue weighted by Gasteiger charge is 2.30. The predicted molar refractivity (Wildman–Crippen MR) is 118 cm³/mol. The van der Waals surface area contributed by atoms with E-state index in [9.17, 15) is 4.79 Å². The van der Waals surface area contributed by atoms with Crippen LogP contribution in [-0.4, -0.2) is 50.7 Å². The van der Waals surface area contributed by atoms with Gasteiger partial charge < -0.3 is 15.0 Å². The molecule has 0 aliphatic carbocycles. The number of rotatable bonds is 3. The number of aromatic nitrogens is 3. The summed E-state index contributed by atoms with van der Waals surface area (Å²) in [7, 11) is 0. The van der Waals surface area contributed by atoms with Crippen molar-refractivity contribution < 1.29 is 9.53 Å². The Hall–Kier alpha value is -2.93. The van der Waals surface area contributed by atoms with Gasteiger partial charge in [0.1, 0.15) is 16.6 Å². The number of halogens is 1. The van der Waals surface area contributed by atoms with Crippen molar-refractivity contribution in [3.63, 3.8) is 0 Å². The van der Waals surface area contributed by atoms with Crippen molar-refractivity contribution in [2.45, 2.75) is 38.8 Å². The number of amides is 1. The molecule has 1 unspecified atom stereocenters. The molecule has 1 saturated heterocycles. The standard InChI is InChI=1S/C22H24ClN5O2/c1-22(2,3)30-21(29)28-9-6-16(13-28)26-20-17-5-7-24-12-15(17)10-18(27-20)14-4-8-25-19(23)11-14/h4-5,7-8,10-12,16H,6,9,13H2,1-3H3,(H,26,27). The summed E-state index contributed by atoms with van der Waals surface area (Å²) in [5.74, 6) is 0.758. The fourth-order valence-electron chi connectivity index (χ4n) is 3.48. The van der Waals surface area contributed by atoms with E-state index in [0.717, 1.165) is 34.3 Å². The Bertz CT molecular complexity index is 1080. The van der Waals surface area contributed by atoms with Gasteiger partial charge in [-0.15, -0.1) is 0 Å². The average molecular weight is 426 g/mol. The lowest BCUT2D eigenvalue weighted by Gasteiger charge is -2.24. The summed E-state index contributed by atoms with van der Waals surface area (Å²) in [6.45, 7) is 6.83. The lowest BCUT2D eigenvalue weighted by Crippen LogP contribution is -2.36. The number of hydrogen-bond acceptors (Lipinski definition) is 6. The zero-order valence-corrected chi connectivity index (χ0v) is 18.0. The summed E-state index contributed by atoms with van der Waals surface area (Å²) in [6, 6.07) is 7.67. The van der Waals surface area contributed by atoms with E-state index in [4.69, 9.17) is 21.3 Å². The number of likely N-dealkylation sites (tertiary alicyclic amines) is 1. The monoisotopic (exact) mass is 425 g/mol. The second kappa shape index (κ2) is 8.07. The van der Waals surface area contributed by atoms with Crippen molar-refractivity contribution in [1.82, 2.24) is 19.9 Å². The van der Waals surface area contributed by atoms with Crippen LogP contribution in [0.15, 0.2) is 42.9 Å². The molecule has 0 saturated carbocycles. The van der Waals surface area contributed by atoms with E-state index >= 15 is 0 Å². The molecule has 4 rings (SSSR count). The third-order valence-electron chi connectivity index (χ3n) is 4.83. The minimum absolute atomic E-state index is 0.0812. The summed E-state index contributed by atoms with van der Waals surface area (Å²) >= 11 is 6.07. The molecule has 30 heavy (non-hydrogen) atoms. The molecule has 3 aromatic heterocycles. The van der Waals surface area contributed by atoms with Crippen LogP contribution in [0.4, 0.5) is 10.6 Å². The van der Waals surface area contributed by atoms with Gasteiger partial charge in [-0.1, -0.05) is 11.6 Å². The maximum Gasteiger partial charge on any atom is 0.410 e. The van der Waals surface area contributed by atoms with Gasteiger partial charge in [0, 0.05) is 54.1 Å². The third-order valence-corrected chi connectivity index (χ3v) is 5.04. The first kappa shape index (κ1) is 20.3. The van der Waals surface area contributed by atoms with E-state index in [2.05, 4.69) is 15.3 Å². The van der Waals surface area contributed by atoms with Gasteiger partial charge in [0.25, 0.3) is 0 Å². The summed E-state index contributed by atoms with van der Waals surface area (Å²) in [5, 5.41) is 5.88. The molecule has 0 aromatic carbocycles. The molecule has 4 heterocycles. The lowest BCUT2D eigenvalue weighted by atomic mass is 10.1. The van der Waals surface area contributed by atoms with Crippen LogP contribution in [0.3, 0.4) is 0 Å². The van der Waals surface area contributed by atoms with E-state index in [1.807, 2.05) is 45.2 Å². The van der Waals surface area contributed by atoms with Crippen molar-refractivity contribution in [3.8, 4) is 11.3 Å². The number of anilines is 1. The van der Waals surface area contributed by atoms with Crippen LogP contribution >= 0.6 is 11.6 Å². The molecule has 7 nitrogen and oxygen atoms in total. The highest BCUT2D eigenvalue weighted by atomic mass is 35.5. The van der Waals surface area contributed by atoms with Gasteiger partial charge >= 0.3 is 6.09 Å². The van der Waals surface area contributed by atoms with Crippen molar-refractivity contribution in [2.24, 2.45) is 0 Å². The highest BCUT2D eigenvalue weighted by Crippen LogP contribution is 2.29. The van der Waals surface area contributed by atoms with Crippen LogP contribution in [0.5, 0.6) is 0 Å². The quantitative estimate of drug-likeness (QED) is 0.609. The average Bonchev–Trinajstić information content (AvgIpc) is 3.15. The fraction of sp³-hybridized carbons (Fsp3) is 0.364. The number of nitrogens with one attached hydrogen (secondary N) is 1. The molecular weight excluding hydrogens is 402 g/mol. The number of hydrogen-bond donors (Lipinski definition) is 1. The fourth-order valence-corrected chi connectivity index (χ4v) is 3.65. The molecule has 1 atom stereocenters. The van der Waals surface area contributed by atoms with Crippen molar-refractivity contribution >= 4 is 34.3 Å². The number of pyridine rings is 3. The molecule has 0 radical (unpaired) electrons. The molecule has 3 aromatic rings. The summed E-state index contributed by atoms with van der Waals surface area (Å²) in [4.78, 5) is 27.2. The van der Waals surface area contributed by atoms with Gasteiger partial charge in [0.2, 0.25) is 0 Å². The molecule has 1 N–H and O–H groups in total. The van der Waals surface area contributed by atoms with E-state index in [-0.39, 0.29) is 12.1 Å². The molecule has 0 spiro atoms. The van der Waals surface area contributed by atoms with Gasteiger partial charge in [-0.2, -0.15) is 0 Å². The molecule has 8 heteroatoms. The minimum atomic E-state index is -0.506. The normalized spacial score (nSPS) is 16.7. The number of ether oxygens (including phenoxy) is 1. The van der Waals surface area contributed by atoms with Gasteiger partial charge in [-0.25, -0.2) is 14.8 Å². The van der Waals surface area contributed by atoms with Crippen LogP contribution in [0.2, 0.25) is 5.15 Å². The van der Waals surface area contributed by atoms with Gasteiger partial charge in [-0.3, -0.25) is 4.98 Å². The van der Waals surface area contributed by atoms with Gasteiger partial charge in [0.15, 0.2) is 0 Å². The Morgan fingerprint density at radius 1 is 1.27 bits per heavy atom. The number of carbonyl (C=O) groups is 1. The zero-order chi connectivity index (χ0) is 21.3. The lowest BCUT2D eigenvalue weighted by molar-refractivity contribution is 0.0293. The Labute approximate surface area is 180 Å². The largest absolute Gasteiger partial charge is 0.444 e. The zero-order valence-electron chi connectivity index (χ0n) is 17.2. The van der Waals surface area contributed by atoms with E-state index < -0.39 is 5.60 Å². The molecule has 0 bridgehead atoms. The van der Waals surface area contributed by atoms with Crippen molar-refractivity contribution in [1.29, 1.82) is 0 Å². The predicted octanol–water partition coefficient (Wildman–Crippen LogP) is 4.77. The van der Waals surface area contributed by atoms with Gasteiger partial charge in [-0.05, 0) is 51.5 Å². The van der Waals surface area contributed by atoms with Crippen LogP contribution < -0.4 is 5.32 Å². The Morgan fingerprint density at radius 3 is 2.87 bits per heavy atom. The second-order valence-corrected chi connectivity index (χ2v) is 8.76. The van der Waals surface area contributed by atoms with Crippen LogP contribution in [0, 0.1) is 0 Å². The highest BCUT2D eigenvalue weighted by molar-refractivity contribution is 6.29. The van der Waals surface area contributed by atoms with E-state index in [0.29, 0.717) is 18.2 Å². The Kier molecular flexibility index (Phi) is 5.47. The van der Waals surface area contributed by atoms with Crippen LogP contribution in [-0.2, 0) is 4.74 Å². The minimum Gasteiger partial charge on any atom is -0.444 e. The van der Waals surface area contributed by atoms with Crippen LogP contribution in [0.25, 0.3) is 22.0 Å². The smallest absolute Gasteiger partial charge is 0.410 e. The van der Waals surface area contributed by atoms with Gasteiger partial charge in [0.05, 0.1) is 5.69 Å². The number of fused-ring (bicyclic) bond motifs is 1. The topological polar surface area (TPSA) is 80.2 Å². The van der Waals surface area contributed by atoms with E-state index in [1.54, 1.807) is 23.4 Å². The number of carbonyl (C=O) groups excluding carboxylic acids is 1. The molecule has 156 valence electrons. The van der Waals surface area contributed by atoms with E-state index in [1.165, 1.54) is 0 Å². The first-order valence-corrected chi connectivity index (χ1v) is 10.3. The maximum absolute atomic E-state index is 12.4. The summed E-state index contributed by atoms with van der Waals surface area (Å²) in [6.07, 6.45) is 5.76. The third kappa shape index (κ3) is 4.62. The summed E-state index contributed by atoms with van der Waals surface area (Å²) < 4.78 is 5.50. The van der Waals surface area contributed by atoms with Crippen molar-refractivity contribution in [2.75, 3.05) is 18.4 Å². The Morgan fingerprint density at radius 2 is 2.10 bits per heavy atom. The first-order chi connectivity index (χ1) is 14.3. The summed E-state index contributed by atoms with van der Waals surface area (Å²) in [5.41, 5.74) is 1.16. The maximum atomic E-state index is 12.4. The number of nitrogens with zero attached hydrogens (tertiary/aromatic N) is 4. The molecule has 1 fully saturated rings. The van der Waals surface area contributed by atoms with Crippen LogP contribution in [0.1, 0.15) is 27.2 Å². The molecule has 1 aliphatic rings. The molecule has 1 aliphatic heterocycles. The SMILES string of the molecule is CC(C)(C)OC(=O)N1CCC(Nc2nc(-c3ccnc(Cl)c3)cc3cnccc23)C1. The Balaban J connectivity index is 1.59. The molecule has 1 amide bonds. The molecular formula is C22H24ClN5O2. The second-order valence-electron chi connectivity index (χ2n) is 8.38. The van der Waals surface area contributed by atoms with Crippen molar-refractivity contribution in [3.05, 3.63) is 48.0 Å². The first-order valence-electron chi connectivity index (χ1n) is 9.90.